The molecule has 2 amide bonds. The van der Waals surface area contributed by atoms with Crippen molar-refractivity contribution < 1.29 is 9.90 Å². The number of para-hydroxylation sites is 1. The third-order valence-corrected chi connectivity index (χ3v) is 4.82. The smallest absolute Gasteiger partial charge is 0.322 e. The number of fused-ring (bicyclic) bond motifs is 1. The average molecular weight is 324 g/mol. The van der Waals surface area contributed by atoms with Gasteiger partial charge in [-0.15, -0.1) is 0 Å². The first-order valence-corrected chi connectivity index (χ1v) is 8.50. The summed E-state index contributed by atoms with van der Waals surface area (Å²) in [6, 6.07) is 13.7. The fourth-order valence-corrected chi connectivity index (χ4v) is 3.47. The third kappa shape index (κ3) is 3.02. The van der Waals surface area contributed by atoms with Gasteiger partial charge in [0.25, 0.3) is 0 Å². The van der Waals surface area contributed by atoms with Crippen LogP contribution in [0.5, 0.6) is 0 Å². The van der Waals surface area contributed by atoms with E-state index < -0.39 is 0 Å². The number of carbonyl (C=O) groups is 1. The Kier molecular flexibility index (Phi) is 4.86. The maximum atomic E-state index is 12.9. The number of carbonyl (C=O) groups excluding carboxylic acids is 1. The number of rotatable bonds is 3. The predicted molar refractivity (Wildman–Crippen MR) is 96.3 cm³/mol. The lowest BCUT2D eigenvalue weighted by molar-refractivity contribution is 0.135. The van der Waals surface area contributed by atoms with Crippen LogP contribution in [0.4, 0.5) is 10.5 Å². The van der Waals surface area contributed by atoms with E-state index >= 15 is 0 Å². The van der Waals surface area contributed by atoms with Gasteiger partial charge in [-0.3, -0.25) is 0 Å². The first kappa shape index (κ1) is 16.5. The molecule has 0 spiro atoms. The Balaban J connectivity index is 1.86. The molecular formula is C20H24N2O2. The number of benzene rings is 2. The zero-order valence-electron chi connectivity index (χ0n) is 14.2. The van der Waals surface area contributed by atoms with E-state index in [1.807, 2.05) is 43.3 Å². The van der Waals surface area contributed by atoms with Crippen molar-refractivity contribution in [3.05, 3.63) is 64.7 Å². The highest BCUT2D eigenvalue weighted by atomic mass is 16.3. The van der Waals surface area contributed by atoms with E-state index in [9.17, 15) is 9.90 Å². The molecule has 4 heteroatoms. The van der Waals surface area contributed by atoms with E-state index in [0.717, 1.165) is 35.2 Å². The highest BCUT2D eigenvalue weighted by Gasteiger charge is 2.30. The van der Waals surface area contributed by atoms with Gasteiger partial charge in [0.15, 0.2) is 0 Å². The lowest BCUT2D eigenvalue weighted by atomic mass is 9.93. The largest absolute Gasteiger partial charge is 0.394 e. The normalized spacial score (nSPS) is 16.6. The molecule has 1 unspecified atom stereocenters. The first-order valence-electron chi connectivity index (χ1n) is 8.50. The summed E-state index contributed by atoms with van der Waals surface area (Å²) >= 11 is 0. The van der Waals surface area contributed by atoms with Crippen LogP contribution in [0.15, 0.2) is 42.5 Å². The standard InChI is InChI=1S/C20H24N2O2/c1-3-15-9-6-7-14(2)19(15)21-20(24)22-12-11-16-8-4-5-10-17(16)18(22)13-23/h4-10,18,23H,3,11-13H2,1-2H3,(H,21,24). The summed E-state index contributed by atoms with van der Waals surface area (Å²) in [7, 11) is 0. The van der Waals surface area contributed by atoms with Crippen molar-refractivity contribution >= 4 is 11.7 Å². The molecule has 0 fully saturated rings. The minimum absolute atomic E-state index is 0.0706. The lowest BCUT2D eigenvalue weighted by Gasteiger charge is -2.36. The van der Waals surface area contributed by atoms with Gasteiger partial charge in [0, 0.05) is 12.2 Å². The van der Waals surface area contributed by atoms with Crippen molar-refractivity contribution in [1.29, 1.82) is 0 Å². The average Bonchev–Trinajstić information content (AvgIpc) is 2.62. The Labute approximate surface area is 143 Å². The zero-order chi connectivity index (χ0) is 17.1. The predicted octanol–water partition coefficient (Wildman–Crippen LogP) is 3.68. The van der Waals surface area contributed by atoms with Crippen LogP contribution in [-0.2, 0) is 12.8 Å². The molecule has 2 aromatic rings. The van der Waals surface area contributed by atoms with Crippen LogP contribution in [0.1, 0.15) is 35.2 Å². The number of aliphatic hydroxyl groups is 1. The molecule has 0 aliphatic carbocycles. The minimum atomic E-state index is -0.288. The first-order chi connectivity index (χ1) is 11.7. The molecule has 1 atom stereocenters. The van der Waals surface area contributed by atoms with Crippen molar-refractivity contribution in [3.8, 4) is 0 Å². The molecule has 0 saturated carbocycles. The Morgan fingerprint density at radius 1 is 1.25 bits per heavy atom. The minimum Gasteiger partial charge on any atom is -0.394 e. The Hall–Kier alpha value is -2.33. The topological polar surface area (TPSA) is 52.6 Å². The molecule has 0 aromatic heterocycles. The van der Waals surface area contributed by atoms with Gasteiger partial charge in [-0.05, 0) is 42.0 Å². The van der Waals surface area contributed by atoms with Crippen LogP contribution >= 0.6 is 0 Å². The second kappa shape index (κ2) is 7.05. The monoisotopic (exact) mass is 324 g/mol. The molecule has 2 aromatic carbocycles. The number of nitrogens with one attached hydrogen (secondary N) is 1. The number of nitrogens with zero attached hydrogens (tertiary/aromatic N) is 1. The van der Waals surface area contributed by atoms with Gasteiger partial charge in [0.2, 0.25) is 0 Å². The van der Waals surface area contributed by atoms with E-state index in [1.54, 1.807) is 4.90 Å². The van der Waals surface area contributed by atoms with Crippen LogP contribution in [0.25, 0.3) is 0 Å². The van der Waals surface area contributed by atoms with Gasteiger partial charge in [-0.1, -0.05) is 49.4 Å². The highest BCUT2D eigenvalue weighted by Crippen LogP contribution is 2.30. The number of aryl methyl sites for hydroxylation is 2. The maximum Gasteiger partial charge on any atom is 0.322 e. The van der Waals surface area contributed by atoms with Crippen LogP contribution in [0, 0.1) is 6.92 Å². The molecule has 24 heavy (non-hydrogen) atoms. The molecule has 0 saturated heterocycles. The van der Waals surface area contributed by atoms with Crippen LogP contribution in [-0.4, -0.2) is 29.2 Å². The van der Waals surface area contributed by atoms with E-state index in [0.29, 0.717) is 6.54 Å². The van der Waals surface area contributed by atoms with Crippen LogP contribution in [0.3, 0.4) is 0 Å². The van der Waals surface area contributed by atoms with Crippen molar-refractivity contribution in [3.63, 3.8) is 0 Å². The number of amides is 2. The van der Waals surface area contributed by atoms with Crippen LogP contribution in [0.2, 0.25) is 0 Å². The molecule has 0 bridgehead atoms. The quantitative estimate of drug-likeness (QED) is 0.905. The third-order valence-electron chi connectivity index (χ3n) is 4.82. The highest BCUT2D eigenvalue weighted by molar-refractivity contribution is 5.91. The van der Waals surface area contributed by atoms with Crippen molar-refractivity contribution in [1.82, 2.24) is 4.90 Å². The molecule has 1 aliphatic rings. The zero-order valence-corrected chi connectivity index (χ0v) is 14.2. The summed E-state index contributed by atoms with van der Waals surface area (Å²) in [5, 5.41) is 12.9. The van der Waals surface area contributed by atoms with Gasteiger partial charge in [-0.25, -0.2) is 4.79 Å². The molecule has 0 radical (unpaired) electrons. The number of anilines is 1. The SMILES string of the molecule is CCc1cccc(C)c1NC(=O)N1CCc2ccccc2C1CO. The Morgan fingerprint density at radius 3 is 2.79 bits per heavy atom. The van der Waals surface area contributed by atoms with Crippen molar-refractivity contribution in [2.75, 3.05) is 18.5 Å². The van der Waals surface area contributed by atoms with Gasteiger partial charge < -0.3 is 15.3 Å². The summed E-state index contributed by atoms with van der Waals surface area (Å²) in [6.07, 6.45) is 1.68. The second-order valence-electron chi connectivity index (χ2n) is 6.23. The van der Waals surface area contributed by atoms with E-state index in [-0.39, 0.29) is 18.7 Å². The van der Waals surface area contributed by atoms with Gasteiger partial charge >= 0.3 is 6.03 Å². The summed E-state index contributed by atoms with van der Waals surface area (Å²) in [4.78, 5) is 14.6. The van der Waals surface area contributed by atoms with E-state index in [1.165, 1.54) is 5.56 Å². The molecule has 4 nitrogen and oxygen atoms in total. The van der Waals surface area contributed by atoms with Gasteiger partial charge in [-0.2, -0.15) is 0 Å². The number of aliphatic hydroxyl groups excluding tert-OH is 1. The van der Waals surface area contributed by atoms with Gasteiger partial charge in [0.1, 0.15) is 0 Å². The Bertz CT molecular complexity index is 742. The molecule has 126 valence electrons. The summed E-state index contributed by atoms with van der Waals surface area (Å²) < 4.78 is 0. The van der Waals surface area contributed by atoms with Crippen molar-refractivity contribution in [2.45, 2.75) is 32.7 Å². The lowest BCUT2D eigenvalue weighted by Crippen LogP contribution is -2.44. The summed E-state index contributed by atoms with van der Waals surface area (Å²) in [5.41, 5.74) is 5.33. The fourth-order valence-electron chi connectivity index (χ4n) is 3.47. The van der Waals surface area contributed by atoms with E-state index in [2.05, 4.69) is 18.3 Å². The Morgan fingerprint density at radius 2 is 2.04 bits per heavy atom. The number of hydrogen-bond acceptors (Lipinski definition) is 2. The fraction of sp³-hybridized carbons (Fsp3) is 0.350. The molecule has 3 rings (SSSR count). The molecule has 1 heterocycles. The van der Waals surface area contributed by atoms with Crippen LogP contribution < -0.4 is 5.32 Å². The second-order valence-corrected chi connectivity index (χ2v) is 6.23. The molecule has 1 aliphatic heterocycles. The van der Waals surface area contributed by atoms with Crippen molar-refractivity contribution in [2.24, 2.45) is 0 Å². The van der Waals surface area contributed by atoms with E-state index in [4.69, 9.17) is 0 Å². The summed E-state index contributed by atoms with van der Waals surface area (Å²) in [6.45, 7) is 4.63. The van der Waals surface area contributed by atoms with Gasteiger partial charge in [0.05, 0.1) is 12.6 Å². The summed E-state index contributed by atoms with van der Waals surface area (Å²) in [5.74, 6) is 0. The molecular weight excluding hydrogens is 300 g/mol. The molecule has 2 N–H and O–H groups in total. The maximum absolute atomic E-state index is 12.9. The number of urea groups is 1. The number of hydrogen-bond donors (Lipinski definition) is 2.